The first kappa shape index (κ1) is 12.8. The van der Waals surface area contributed by atoms with Gasteiger partial charge in [0, 0.05) is 11.1 Å². The van der Waals surface area contributed by atoms with E-state index in [0.29, 0.717) is 11.6 Å². The first-order chi connectivity index (χ1) is 8.65. The van der Waals surface area contributed by atoms with Crippen molar-refractivity contribution in [2.24, 2.45) is 5.84 Å². The monoisotopic (exact) mass is 269 g/mol. The number of nitrogen functional groups attached to an aromatic ring is 1. The van der Waals surface area contributed by atoms with Crippen LogP contribution < -0.4 is 16.6 Å². The predicted molar refractivity (Wildman–Crippen MR) is 67.7 cm³/mol. The summed E-state index contributed by atoms with van der Waals surface area (Å²) < 4.78 is 0. The molecule has 98 valence electrons. The number of thiazole rings is 1. The third kappa shape index (κ3) is 2.44. The van der Waals surface area contributed by atoms with E-state index in [2.05, 4.69) is 15.7 Å². The van der Waals surface area contributed by atoms with Gasteiger partial charge in [-0.1, -0.05) is 24.7 Å². The molecule has 0 saturated carbocycles. The van der Waals surface area contributed by atoms with Crippen molar-refractivity contribution in [3.05, 3.63) is 11.1 Å². The number of amides is 3. The van der Waals surface area contributed by atoms with Crippen LogP contribution in [-0.2, 0) is 11.3 Å². The third-order valence-corrected chi connectivity index (χ3v) is 3.59. The van der Waals surface area contributed by atoms with Crippen LogP contribution in [0.1, 0.15) is 24.6 Å². The van der Waals surface area contributed by atoms with Gasteiger partial charge < -0.3 is 5.32 Å². The molecule has 0 spiro atoms. The van der Waals surface area contributed by atoms with Gasteiger partial charge in [-0.3, -0.25) is 15.1 Å². The molecule has 1 aromatic rings. The minimum Gasteiger partial charge on any atom is -0.326 e. The minimum absolute atomic E-state index is 0.169. The second-order valence-corrected chi connectivity index (χ2v) is 5.11. The van der Waals surface area contributed by atoms with Crippen LogP contribution in [0.3, 0.4) is 0 Å². The number of nitrogens with two attached hydrogens (primary N) is 1. The topological polar surface area (TPSA) is 100 Å². The predicted octanol–water partition coefficient (Wildman–Crippen LogP) is 0.649. The number of hydrogen-bond acceptors (Lipinski definition) is 6. The van der Waals surface area contributed by atoms with Crippen molar-refractivity contribution in [1.29, 1.82) is 0 Å². The van der Waals surface area contributed by atoms with E-state index in [1.165, 1.54) is 16.2 Å². The van der Waals surface area contributed by atoms with Gasteiger partial charge >= 0.3 is 6.03 Å². The summed E-state index contributed by atoms with van der Waals surface area (Å²) in [7, 11) is 0. The zero-order valence-corrected chi connectivity index (χ0v) is 10.8. The fourth-order valence-electron chi connectivity index (χ4n) is 1.81. The minimum atomic E-state index is -0.387. The Kier molecular flexibility index (Phi) is 3.78. The van der Waals surface area contributed by atoms with Gasteiger partial charge in [0.15, 0.2) is 5.13 Å². The van der Waals surface area contributed by atoms with Gasteiger partial charge in [-0.15, -0.1) is 0 Å². The number of carbonyl (C=O) groups excluding carboxylic acids is 2. The lowest BCUT2D eigenvalue weighted by atomic mass is 10.2. The molecule has 0 bridgehead atoms. The maximum atomic E-state index is 12.0. The molecule has 18 heavy (non-hydrogen) atoms. The molecule has 0 radical (unpaired) electrons. The van der Waals surface area contributed by atoms with Gasteiger partial charge in [0.2, 0.25) is 0 Å². The Bertz CT molecular complexity index is 461. The van der Waals surface area contributed by atoms with Crippen molar-refractivity contribution in [3.63, 3.8) is 0 Å². The summed E-state index contributed by atoms with van der Waals surface area (Å²) in [5, 5.41) is 3.23. The van der Waals surface area contributed by atoms with Crippen molar-refractivity contribution >= 4 is 28.4 Å². The summed E-state index contributed by atoms with van der Waals surface area (Å²) in [5.41, 5.74) is 2.43. The van der Waals surface area contributed by atoms with Gasteiger partial charge in [-0.25, -0.2) is 15.6 Å². The molecule has 0 aromatic carbocycles. The number of hydrazine groups is 1. The maximum absolute atomic E-state index is 12.0. The molecule has 1 aromatic heterocycles. The molecule has 2 heterocycles. The highest BCUT2D eigenvalue weighted by molar-refractivity contribution is 7.15. The molecule has 8 heteroatoms. The molecule has 1 saturated heterocycles. The van der Waals surface area contributed by atoms with Crippen LogP contribution in [0.5, 0.6) is 0 Å². The largest absolute Gasteiger partial charge is 0.326 e. The SMILES string of the molecule is CCCC1NC(=O)N(Cc2cnc(NN)s2)C1=O. The molecule has 2 rings (SSSR count). The first-order valence-electron chi connectivity index (χ1n) is 5.69. The van der Waals surface area contributed by atoms with Crippen LogP contribution in [0, 0.1) is 0 Å². The van der Waals surface area contributed by atoms with E-state index in [0.717, 1.165) is 11.3 Å². The average molecular weight is 269 g/mol. The van der Waals surface area contributed by atoms with Gasteiger partial charge in [0.05, 0.1) is 6.54 Å². The summed E-state index contributed by atoms with van der Waals surface area (Å²) in [6.45, 7) is 2.22. The van der Waals surface area contributed by atoms with Crippen LogP contribution >= 0.6 is 11.3 Å². The Labute approximate surface area is 108 Å². The van der Waals surface area contributed by atoms with Gasteiger partial charge in [-0.05, 0) is 6.42 Å². The molecule has 1 aliphatic heterocycles. The lowest BCUT2D eigenvalue weighted by molar-refractivity contribution is -0.127. The Morgan fingerprint density at radius 3 is 3.00 bits per heavy atom. The van der Waals surface area contributed by atoms with Crippen molar-refractivity contribution in [3.8, 4) is 0 Å². The second kappa shape index (κ2) is 5.32. The lowest BCUT2D eigenvalue weighted by Gasteiger charge is -2.10. The Hall–Kier alpha value is -1.67. The molecular weight excluding hydrogens is 254 g/mol. The summed E-state index contributed by atoms with van der Waals surface area (Å²) >= 11 is 1.32. The van der Waals surface area contributed by atoms with E-state index in [1.54, 1.807) is 6.20 Å². The van der Waals surface area contributed by atoms with Crippen LogP contribution in [-0.4, -0.2) is 27.9 Å². The molecule has 1 fully saturated rings. The molecule has 0 aliphatic carbocycles. The van der Waals surface area contributed by atoms with Crippen molar-refractivity contribution < 1.29 is 9.59 Å². The van der Waals surface area contributed by atoms with Crippen LogP contribution in [0.2, 0.25) is 0 Å². The number of aromatic nitrogens is 1. The summed E-state index contributed by atoms with van der Waals surface area (Å²) in [4.78, 5) is 29.7. The third-order valence-electron chi connectivity index (χ3n) is 2.68. The number of urea groups is 1. The lowest BCUT2D eigenvalue weighted by Crippen LogP contribution is -2.30. The Balaban J connectivity index is 2.04. The van der Waals surface area contributed by atoms with E-state index in [9.17, 15) is 9.59 Å². The normalized spacial score (nSPS) is 19.2. The number of imide groups is 1. The fourth-order valence-corrected chi connectivity index (χ4v) is 2.53. The first-order valence-corrected chi connectivity index (χ1v) is 6.50. The van der Waals surface area contributed by atoms with Crippen LogP contribution in [0.15, 0.2) is 6.20 Å². The number of nitrogens with one attached hydrogen (secondary N) is 2. The molecule has 1 unspecified atom stereocenters. The van der Waals surface area contributed by atoms with Crippen molar-refractivity contribution in [1.82, 2.24) is 15.2 Å². The van der Waals surface area contributed by atoms with E-state index in [-0.39, 0.29) is 24.5 Å². The van der Waals surface area contributed by atoms with E-state index >= 15 is 0 Å². The highest BCUT2D eigenvalue weighted by atomic mass is 32.1. The molecule has 1 atom stereocenters. The number of rotatable bonds is 5. The van der Waals surface area contributed by atoms with E-state index in [4.69, 9.17) is 5.84 Å². The summed E-state index contributed by atoms with van der Waals surface area (Å²) in [6, 6.07) is -0.725. The van der Waals surface area contributed by atoms with Gasteiger partial charge in [0.1, 0.15) is 6.04 Å². The number of anilines is 1. The maximum Gasteiger partial charge on any atom is 0.325 e. The Morgan fingerprint density at radius 2 is 2.39 bits per heavy atom. The quantitative estimate of drug-likeness (QED) is 0.414. The second-order valence-electron chi connectivity index (χ2n) is 3.99. The number of nitrogens with zero attached hydrogens (tertiary/aromatic N) is 2. The summed E-state index contributed by atoms with van der Waals surface area (Å²) in [5.74, 6) is 5.06. The number of carbonyl (C=O) groups is 2. The Morgan fingerprint density at radius 1 is 1.61 bits per heavy atom. The molecule has 7 nitrogen and oxygen atoms in total. The zero-order valence-electron chi connectivity index (χ0n) is 9.97. The van der Waals surface area contributed by atoms with E-state index < -0.39 is 0 Å². The highest BCUT2D eigenvalue weighted by Gasteiger charge is 2.37. The van der Waals surface area contributed by atoms with Gasteiger partial charge in [-0.2, -0.15) is 0 Å². The molecular formula is C10H15N5O2S. The highest BCUT2D eigenvalue weighted by Crippen LogP contribution is 2.21. The average Bonchev–Trinajstić information content (AvgIpc) is 2.91. The van der Waals surface area contributed by atoms with Gasteiger partial charge in [0.25, 0.3) is 5.91 Å². The van der Waals surface area contributed by atoms with Crippen molar-refractivity contribution in [2.45, 2.75) is 32.4 Å². The summed E-state index contributed by atoms with van der Waals surface area (Å²) in [6.07, 6.45) is 3.12. The zero-order chi connectivity index (χ0) is 13.1. The number of hydrogen-bond donors (Lipinski definition) is 3. The smallest absolute Gasteiger partial charge is 0.325 e. The van der Waals surface area contributed by atoms with E-state index in [1.807, 2.05) is 6.92 Å². The molecule has 3 amide bonds. The molecule has 1 aliphatic rings. The molecule has 4 N–H and O–H groups in total. The van der Waals surface area contributed by atoms with Crippen molar-refractivity contribution in [2.75, 3.05) is 5.43 Å². The fraction of sp³-hybridized carbons (Fsp3) is 0.500. The van der Waals surface area contributed by atoms with Crippen LogP contribution in [0.4, 0.5) is 9.93 Å². The van der Waals surface area contributed by atoms with Crippen LogP contribution in [0.25, 0.3) is 0 Å². The standard InChI is InChI=1S/C10H15N5O2S/c1-2-3-7-8(16)15(10(17)13-7)5-6-4-12-9(14-11)18-6/h4,7H,2-3,5,11H2,1H3,(H,12,14)(H,13,17).